The fourth-order valence-corrected chi connectivity index (χ4v) is 2.31. The molecule has 2 rings (SSSR count). The number of aromatic nitrogens is 1. The van der Waals surface area contributed by atoms with Gasteiger partial charge in [-0.3, -0.25) is 4.79 Å². The van der Waals surface area contributed by atoms with Gasteiger partial charge in [0, 0.05) is 6.20 Å². The van der Waals surface area contributed by atoms with Crippen LogP contribution < -0.4 is 5.32 Å². The first-order valence-electron chi connectivity index (χ1n) is 6.77. The summed E-state index contributed by atoms with van der Waals surface area (Å²) in [6.45, 7) is 1.86. The Morgan fingerprint density at radius 1 is 1.33 bits per heavy atom. The summed E-state index contributed by atoms with van der Waals surface area (Å²) in [4.78, 5) is 27.2. The molecule has 7 nitrogen and oxygen atoms in total. The van der Waals surface area contributed by atoms with Crippen molar-refractivity contribution in [2.24, 2.45) is 0 Å². The van der Waals surface area contributed by atoms with Gasteiger partial charge in [0.05, 0.1) is 22.8 Å². The molecule has 0 aliphatic carbocycles. The van der Waals surface area contributed by atoms with Crippen molar-refractivity contribution >= 4 is 28.6 Å². The van der Waals surface area contributed by atoms with Gasteiger partial charge in [-0.25, -0.2) is 18.4 Å². The number of amides is 1. The van der Waals surface area contributed by atoms with E-state index in [0.717, 1.165) is 12.1 Å². The molecule has 1 atom stereocenters. The van der Waals surface area contributed by atoms with Crippen LogP contribution in [0.3, 0.4) is 0 Å². The number of rotatable bonds is 5. The first-order chi connectivity index (χ1) is 11.4. The Kier molecular flexibility index (Phi) is 5.72. The van der Waals surface area contributed by atoms with Crippen LogP contribution in [0.15, 0.2) is 41.4 Å². The predicted octanol–water partition coefficient (Wildman–Crippen LogP) is 2.23. The Morgan fingerprint density at radius 3 is 2.67 bits per heavy atom. The van der Waals surface area contributed by atoms with Gasteiger partial charge in [0.15, 0.2) is 11.1 Å². The van der Waals surface area contributed by atoms with E-state index >= 15 is 0 Å². The molecule has 0 saturated carbocycles. The summed E-state index contributed by atoms with van der Waals surface area (Å²) >= 11 is -2.47. The Balaban J connectivity index is 2.19. The first-order valence-corrected chi connectivity index (χ1v) is 7.88. The van der Waals surface area contributed by atoms with E-state index in [1.807, 2.05) is 0 Å². The predicted molar refractivity (Wildman–Crippen MR) is 83.6 cm³/mol. The Hall–Kier alpha value is -2.65. The lowest BCUT2D eigenvalue weighted by molar-refractivity contribution is 0.0519. The summed E-state index contributed by atoms with van der Waals surface area (Å²) in [5.74, 6) is -1.94. The number of ether oxygens (including phenoxy) is 1. The highest BCUT2D eigenvalue weighted by atomic mass is 32.2. The van der Waals surface area contributed by atoms with Crippen LogP contribution in [-0.2, 0) is 15.8 Å². The third kappa shape index (κ3) is 4.21. The number of nitrogens with one attached hydrogen (secondary N) is 1. The SMILES string of the molecule is CCOC(=O)c1ccc(C(=O)Nc2ccc(F)cc2S(=O)O)cn1. The van der Waals surface area contributed by atoms with E-state index in [2.05, 4.69) is 10.3 Å². The van der Waals surface area contributed by atoms with Crippen molar-refractivity contribution < 1.29 is 27.5 Å². The molecule has 1 heterocycles. The molecule has 0 aliphatic heterocycles. The summed E-state index contributed by atoms with van der Waals surface area (Å²) in [7, 11) is 0. The molecular formula is C15H13FN2O5S. The highest BCUT2D eigenvalue weighted by Gasteiger charge is 2.15. The molecule has 24 heavy (non-hydrogen) atoms. The van der Waals surface area contributed by atoms with E-state index in [9.17, 15) is 18.2 Å². The first kappa shape index (κ1) is 17.7. The van der Waals surface area contributed by atoms with Gasteiger partial charge in [-0.05, 0) is 37.3 Å². The topological polar surface area (TPSA) is 106 Å². The number of carbonyl (C=O) groups excluding carboxylic acids is 2. The fraction of sp³-hybridized carbons (Fsp3) is 0.133. The molecule has 0 radical (unpaired) electrons. The van der Waals surface area contributed by atoms with Crippen molar-refractivity contribution in [1.82, 2.24) is 4.98 Å². The minimum atomic E-state index is -2.47. The van der Waals surface area contributed by atoms with Crippen LogP contribution >= 0.6 is 0 Å². The zero-order valence-electron chi connectivity index (χ0n) is 12.5. The molecule has 0 spiro atoms. The molecule has 2 aromatic rings. The monoisotopic (exact) mass is 352 g/mol. The maximum atomic E-state index is 13.1. The summed E-state index contributed by atoms with van der Waals surface area (Å²) in [6, 6.07) is 5.76. The fourth-order valence-electron chi connectivity index (χ4n) is 1.79. The van der Waals surface area contributed by atoms with Crippen LogP contribution in [0.5, 0.6) is 0 Å². The van der Waals surface area contributed by atoms with Crippen molar-refractivity contribution in [3.63, 3.8) is 0 Å². The van der Waals surface area contributed by atoms with Gasteiger partial charge in [0.2, 0.25) is 0 Å². The maximum absolute atomic E-state index is 13.1. The highest BCUT2D eigenvalue weighted by molar-refractivity contribution is 7.79. The molecule has 1 aromatic carbocycles. The number of benzene rings is 1. The molecule has 1 amide bonds. The van der Waals surface area contributed by atoms with Crippen molar-refractivity contribution in [2.45, 2.75) is 11.8 Å². The Bertz CT molecular complexity index is 795. The lowest BCUT2D eigenvalue weighted by Gasteiger charge is -2.09. The number of esters is 1. The van der Waals surface area contributed by atoms with Gasteiger partial charge in [-0.1, -0.05) is 0 Å². The summed E-state index contributed by atoms with van der Waals surface area (Å²) in [5, 5.41) is 2.39. The van der Waals surface area contributed by atoms with E-state index in [1.54, 1.807) is 6.92 Å². The molecule has 0 aliphatic rings. The molecule has 1 aromatic heterocycles. The average molecular weight is 352 g/mol. The summed E-state index contributed by atoms with van der Waals surface area (Å²) in [6.07, 6.45) is 1.17. The number of hydrogen-bond acceptors (Lipinski definition) is 5. The normalized spacial score (nSPS) is 11.6. The molecule has 0 fully saturated rings. The molecule has 0 bridgehead atoms. The minimum Gasteiger partial charge on any atom is -0.461 e. The number of anilines is 1. The van der Waals surface area contributed by atoms with Crippen LogP contribution in [0.25, 0.3) is 0 Å². The van der Waals surface area contributed by atoms with Gasteiger partial charge in [-0.2, -0.15) is 0 Å². The van der Waals surface area contributed by atoms with E-state index in [-0.39, 0.29) is 28.4 Å². The smallest absolute Gasteiger partial charge is 0.356 e. The number of nitrogens with zero attached hydrogens (tertiary/aromatic N) is 1. The lowest BCUT2D eigenvalue weighted by atomic mass is 10.2. The van der Waals surface area contributed by atoms with E-state index in [0.29, 0.717) is 0 Å². The minimum absolute atomic E-state index is 0.00305. The third-order valence-corrected chi connectivity index (χ3v) is 3.60. The number of halogens is 1. The Labute approximate surface area is 139 Å². The number of carbonyl (C=O) groups is 2. The second-order valence-corrected chi connectivity index (χ2v) is 5.43. The second kappa shape index (κ2) is 7.75. The van der Waals surface area contributed by atoms with Gasteiger partial charge < -0.3 is 14.6 Å². The third-order valence-electron chi connectivity index (χ3n) is 2.89. The van der Waals surface area contributed by atoms with Crippen LogP contribution in [-0.4, -0.2) is 32.2 Å². The quantitative estimate of drug-likeness (QED) is 0.631. The summed E-state index contributed by atoms with van der Waals surface area (Å²) < 4.78 is 38.3. The molecule has 126 valence electrons. The lowest BCUT2D eigenvalue weighted by Crippen LogP contribution is -2.15. The van der Waals surface area contributed by atoms with Crippen LogP contribution in [0, 0.1) is 5.82 Å². The largest absolute Gasteiger partial charge is 0.461 e. The molecule has 2 N–H and O–H groups in total. The zero-order valence-corrected chi connectivity index (χ0v) is 13.3. The Morgan fingerprint density at radius 2 is 2.08 bits per heavy atom. The number of pyridine rings is 1. The van der Waals surface area contributed by atoms with Crippen LogP contribution in [0.2, 0.25) is 0 Å². The van der Waals surface area contributed by atoms with E-state index < -0.39 is 28.8 Å². The van der Waals surface area contributed by atoms with Crippen molar-refractivity contribution in [3.8, 4) is 0 Å². The molecule has 0 saturated heterocycles. The van der Waals surface area contributed by atoms with Crippen LogP contribution in [0.1, 0.15) is 27.8 Å². The van der Waals surface area contributed by atoms with Gasteiger partial charge in [0.25, 0.3) is 5.91 Å². The maximum Gasteiger partial charge on any atom is 0.356 e. The van der Waals surface area contributed by atoms with Crippen LogP contribution in [0.4, 0.5) is 10.1 Å². The zero-order chi connectivity index (χ0) is 17.7. The van der Waals surface area contributed by atoms with Gasteiger partial charge in [-0.15, -0.1) is 0 Å². The van der Waals surface area contributed by atoms with E-state index in [4.69, 9.17) is 9.29 Å². The standard InChI is InChI=1S/C15H13FN2O5S/c1-2-23-15(20)12-5-3-9(8-17-12)14(19)18-11-6-4-10(16)7-13(11)24(21)22/h3-8H,2H2,1H3,(H,18,19)(H,21,22). The molecule has 1 unspecified atom stereocenters. The molecule has 9 heteroatoms. The van der Waals surface area contributed by atoms with Gasteiger partial charge in [0.1, 0.15) is 11.5 Å². The average Bonchev–Trinajstić information content (AvgIpc) is 2.56. The van der Waals surface area contributed by atoms with Crippen molar-refractivity contribution in [1.29, 1.82) is 0 Å². The van der Waals surface area contributed by atoms with Crippen molar-refractivity contribution in [3.05, 3.63) is 53.6 Å². The van der Waals surface area contributed by atoms with Gasteiger partial charge >= 0.3 is 5.97 Å². The summed E-state index contributed by atoms with van der Waals surface area (Å²) in [5.41, 5.74) is 0.158. The molecular weight excluding hydrogens is 339 g/mol. The highest BCUT2D eigenvalue weighted by Crippen LogP contribution is 2.21. The van der Waals surface area contributed by atoms with E-state index in [1.165, 1.54) is 24.4 Å². The second-order valence-electron chi connectivity index (χ2n) is 4.50. The number of hydrogen-bond donors (Lipinski definition) is 2. The van der Waals surface area contributed by atoms with Crippen molar-refractivity contribution in [2.75, 3.05) is 11.9 Å².